The summed E-state index contributed by atoms with van der Waals surface area (Å²) in [6, 6.07) is 8.50. The molecule has 1 aromatic heterocycles. The maximum atomic E-state index is 11.9. The highest BCUT2D eigenvalue weighted by atomic mass is 32.2. The Morgan fingerprint density at radius 1 is 1.29 bits per heavy atom. The molecule has 0 radical (unpaired) electrons. The van der Waals surface area contributed by atoms with Crippen LogP contribution in [0.2, 0.25) is 0 Å². The predicted molar refractivity (Wildman–Crippen MR) is 76.5 cm³/mol. The van der Waals surface area contributed by atoms with Gasteiger partial charge in [-0.15, -0.1) is 0 Å². The summed E-state index contributed by atoms with van der Waals surface area (Å²) in [7, 11) is -3.37. The lowest BCUT2D eigenvalue weighted by molar-refractivity contribution is 0.577. The van der Waals surface area contributed by atoms with E-state index < -0.39 is 10.0 Å². The molecule has 21 heavy (non-hydrogen) atoms. The number of rotatable bonds is 7. The van der Waals surface area contributed by atoms with Gasteiger partial charge >= 0.3 is 0 Å². The first-order valence-corrected chi connectivity index (χ1v) is 8.05. The number of benzene rings is 1. The Morgan fingerprint density at radius 3 is 2.67 bits per heavy atom. The van der Waals surface area contributed by atoms with Crippen LogP contribution in [0.3, 0.4) is 0 Å². The minimum atomic E-state index is -3.37. The van der Waals surface area contributed by atoms with E-state index in [0.29, 0.717) is 30.5 Å². The third-order valence-corrected chi connectivity index (χ3v) is 4.17. The van der Waals surface area contributed by atoms with Gasteiger partial charge in [-0.05, 0) is 24.1 Å². The molecule has 0 bridgehead atoms. The topological polar surface area (TPSA) is 112 Å². The van der Waals surface area contributed by atoms with Crippen LogP contribution >= 0.6 is 0 Å². The second kappa shape index (κ2) is 6.97. The van der Waals surface area contributed by atoms with E-state index in [2.05, 4.69) is 19.9 Å². The molecule has 2 rings (SSSR count). The van der Waals surface area contributed by atoms with Crippen molar-refractivity contribution in [2.45, 2.75) is 18.6 Å². The molecule has 0 saturated heterocycles. The van der Waals surface area contributed by atoms with Gasteiger partial charge in [0, 0.05) is 13.0 Å². The van der Waals surface area contributed by atoms with E-state index in [-0.39, 0.29) is 5.75 Å². The van der Waals surface area contributed by atoms with E-state index in [0.717, 1.165) is 5.82 Å². The summed E-state index contributed by atoms with van der Waals surface area (Å²) >= 11 is 0. The highest BCUT2D eigenvalue weighted by molar-refractivity contribution is 7.88. The Labute approximate surface area is 123 Å². The fourth-order valence-corrected chi connectivity index (χ4v) is 2.97. The number of nitrogens with zero attached hydrogens (tertiary/aromatic N) is 3. The van der Waals surface area contributed by atoms with Gasteiger partial charge in [0.2, 0.25) is 10.0 Å². The maximum absolute atomic E-state index is 11.9. The lowest BCUT2D eigenvalue weighted by Crippen LogP contribution is -2.26. The Bertz CT molecular complexity index is 702. The summed E-state index contributed by atoms with van der Waals surface area (Å²) in [5.74, 6) is 0.641. The van der Waals surface area contributed by atoms with Crippen molar-refractivity contribution in [3.8, 4) is 6.07 Å². The highest BCUT2D eigenvalue weighted by Gasteiger charge is 2.11. The van der Waals surface area contributed by atoms with Crippen LogP contribution in [0.15, 0.2) is 30.6 Å². The molecular weight excluding hydrogens is 290 g/mol. The largest absolute Gasteiger partial charge is 0.263 e. The summed E-state index contributed by atoms with van der Waals surface area (Å²) in [6.45, 7) is 0.347. The zero-order valence-corrected chi connectivity index (χ0v) is 12.1. The molecule has 0 spiro atoms. The second-order valence-electron chi connectivity index (χ2n) is 4.50. The molecule has 0 amide bonds. The number of aryl methyl sites for hydroxylation is 1. The lowest BCUT2D eigenvalue weighted by atomic mass is 10.2. The molecule has 1 heterocycles. The number of nitrogens with one attached hydrogen (secondary N) is 2. The molecule has 110 valence electrons. The summed E-state index contributed by atoms with van der Waals surface area (Å²) in [6.07, 6.45) is 2.70. The summed E-state index contributed by atoms with van der Waals surface area (Å²) < 4.78 is 26.4. The highest BCUT2D eigenvalue weighted by Crippen LogP contribution is 2.07. The van der Waals surface area contributed by atoms with Gasteiger partial charge in [-0.25, -0.2) is 18.1 Å². The molecular formula is C13H15N5O2S. The number of H-pyrrole nitrogens is 1. The van der Waals surface area contributed by atoms with Crippen LogP contribution < -0.4 is 4.72 Å². The summed E-state index contributed by atoms with van der Waals surface area (Å²) in [5.41, 5.74) is 1.16. The van der Waals surface area contributed by atoms with Crippen molar-refractivity contribution in [1.29, 1.82) is 5.26 Å². The van der Waals surface area contributed by atoms with Crippen molar-refractivity contribution in [2.24, 2.45) is 0 Å². The molecule has 7 nitrogen and oxygen atoms in total. The third kappa shape index (κ3) is 4.98. The average molecular weight is 305 g/mol. The van der Waals surface area contributed by atoms with Crippen LogP contribution in [0.5, 0.6) is 0 Å². The molecule has 2 N–H and O–H groups in total. The van der Waals surface area contributed by atoms with Crippen LogP contribution in [0.1, 0.15) is 23.4 Å². The first kappa shape index (κ1) is 15.2. The van der Waals surface area contributed by atoms with Crippen molar-refractivity contribution >= 4 is 10.0 Å². The smallest absolute Gasteiger partial charge is 0.215 e. The first-order valence-electron chi connectivity index (χ1n) is 6.40. The van der Waals surface area contributed by atoms with Crippen LogP contribution in [0.4, 0.5) is 0 Å². The van der Waals surface area contributed by atoms with Crippen LogP contribution in [0, 0.1) is 11.3 Å². The molecule has 0 unspecified atom stereocenters. The van der Waals surface area contributed by atoms with Gasteiger partial charge < -0.3 is 0 Å². The molecule has 2 aromatic rings. The van der Waals surface area contributed by atoms with Gasteiger partial charge in [0.1, 0.15) is 12.2 Å². The van der Waals surface area contributed by atoms with Gasteiger partial charge in [0.05, 0.1) is 17.4 Å². The normalized spacial score (nSPS) is 11.2. The van der Waals surface area contributed by atoms with Crippen molar-refractivity contribution in [2.75, 3.05) is 6.54 Å². The number of aromatic nitrogens is 3. The summed E-state index contributed by atoms with van der Waals surface area (Å²) in [4.78, 5) is 3.96. The van der Waals surface area contributed by atoms with Crippen molar-refractivity contribution in [3.05, 3.63) is 47.5 Å². The van der Waals surface area contributed by atoms with Crippen LogP contribution in [-0.2, 0) is 22.2 Å². The molecule has 0 saturated carbocycles. The second-order valence-corrected chi connectivity index (χ2v) is 6.30. The number of aromatic amines is 1. The average Bonchev–Trinajstić information content (AvgIpc) is 2.97. The molecule has 0 aliphatic rings. The molecule has 0 aliphatic carbocycles. The van der Waals surface area contributed by atoms with E-state index >= 15 is 0 Å². The van der Waals surface area contributed by atoms with Crippen molar-refractivity contribution in [3.63, 3.8) is 0 Å². The van der Waals surface area contributed by atoms with Gasteiger partial charge in [-0.1, -0.05) is 12.1 Å². The van der Waals surface area contributed by atoms with Crippen LogP contribution in [0.25, 0.3) is 0 Å². The lowest BCUT2D eigenvalue weighted by Gasteiger charge is -2.06. The van der Waals surface area contributed by atoms with E-state index in [1.54, 1.807) is 24.3 Å². The third-order valence-electron chi connectivity index (χ3n) is 2.82. The Balaban J connectivity index is 1.79. The Morgan fingerprint density at radius 2 is 2.05 bits per heavy atom. The standard InChI is InChI=1S/C13H15N5O2S/c14-8-11-3-5-12(6-4-11)9-21(19,20)17-7-1-2-13-15-10-16-18-13/h3-6,10,17H,1-2,7,9H2,(H,15,16,18). The fraction of sp³-hybridized carbons (Fsp3) is 0.308. The minimum Gasteiger partial charge on any atom is -0.263 e. The SMILES string of the molecule is N#Cc1ccc(CS(=O)(=O)NCCCc2ncn[nH]2)cc1. The quantitative estimate of drug-likeness (QED) is 0.732. The molecule has 8 heteroatoms. The van der Waals surface area contributed by atoms with E-state index in [1.807, 2.05) is 6.07 Å². The summed E-state index contributed by atoms with van der Waals surface area (Å²) in [5, 5.41) is 15.1. The molecule has 0 aliphatic heterocycles. The predicted octanol–water partition coefficient (Wildman–Crippen LogP) is 0.729. The number of hydrogen-bond donors (Lipinski definition) is 2. The van der Waals surface area contributed by atoms with Gasteiger partial charge in [0.25, 0.3) is 0 Å². The Hall–Kier alpha value is -2.24. The van der Waals surface area contributed by atoms with E-state index in [4.69, 9.17) is 5.26 Å². The maximum Gasteiger partial charge on any atom is 0.215 e. The number of hydrogen-bond acceptors (Lipinski definition) is 5. The first-order chi connectivity index (χ1) is 10.1. The molecule has 0 atom stereocenters. The number of sulfonamides is 1. The van der Waals surface area contributed by atoms with E-state index in [9.17, 15) is 8.42 Å². The van der Waals surface area contributed by atoms with Crippen molar-refractivity contribution < 1.29 is 8.42 Å². The Kier molecular flexibility index (Phi) is 5.03. The minimum absolute atomic E-state index is 0.0962. The van der Waals surface area contributed by atoms with Gasteiger partial charge in [-0.2, -0.15) is 10.4 Å². The fourth-order valence-electron chi connectivity index (χ4n) is 1.78. The zero-order chi connectivity index (χ0) is 15.1. The number of nitriles is 1. The van der Waals surface area contributed by atoms with Gasteiger partial charge in [-0.3, -0.25) is 5.10 Å². The molecule has 0 fully saturated rings. The van der Waals surface area contributed by atoms with Gasteiger partial charge in [0.15, 0.2) is 0 Å². The van der Waals surface area contributed by atoms with E-state index in [1.165, 1.54) is 6.33 Å². The molecule has 1 aromatic carbocycles. The zero-order valence-electron chi connectivity index (χ0n) is 11.3. The monoisotopic (exact) mass is 305 g/mol. The van der Waals surface area contributed by atoms with Crippen LogP contribution in [-0.4, -0.2) is 30.1 Å². The van der Waals surface area contributed by atoms with Crippen molar-refractivity contribution in [1.82, 2.24) is 19.9 Å².